The molecule has 3 heterocycles. The number of amides is 2. The third kappa shape index (κ3) is 3.99. The fraction of sp³-hybridized carbons (Fsp3) is 0.160. The van der Waals surface area contributed by atoms with Gasteiger partial charge in [-0.2, -0.15) is 0 Å². The quantitative estimate of drug-likeness (QED) is 0.205. The van der Waals surface area contributed by atoms with Crippen LogP contribution in [-0.2, 0) is 0 Å². The van der Waals surface area contributed by atoms with Crippen LogP contribution < -0.4 is 0 Å². The van der Waals surface area contributed by atoms with Crippen molar-refractivity contribution in [2.45, 2.75) is 18.5 Å². The molecule has 0 saturated heterocycles. The molecule has 5 rings (SSSR count). The molecule has 1 aliphatic heterocycles. The Hall–Kier alpha value is -3.49. The van der Waals surface area contributed by atoms with Crippen LogP contribution >= 0.6 is 23.4 Å². The Kier molecular flexibility index (Phi) is 6.17. The number of nitrogens with zero attached hydrogens (tertiary/aromatic N) is 5. The van der Waals surface area contributed by atoms with E-state index in [1.54, 1.807) is 36.7 Å². The molecule has 2 aromatic carbocycles. The molecule has 0 radical (unpaired) electrons. The predicted octanol–water partition coefficient (Wildman–Crippen LogP) is 5.07. The van der Waals surface area contributed by atoms with E-state index >= 15 is 0 Å². The molecule has 34 heavy (non-hydrogen) atoms. The fourth-order valence-corrected chi connectivity index (χ4v) is 4.97. The van der Waals surface area contributed by atoms with Gasteiger partial charge in [0.1, 0.15) is 0 Å². The number of rotatable bonds is 7. The number of carbonyl (C=O) groups excluding carboxylic acids is 2. The molecule has 0 fully saturated rings. The number of hydrogen-bond acceptors (Lipinski definition) is 6. The molecule has 2 amide bonds. The van der Waals surface area contributed by atoms with Crippen LogP contribution in [0.25, 0.3) is 17.1 Å². The van der Waals surface area contributed by atoms with E-state index in [0.717, 1.165) is 16.8 Å². The van der Waals surface area contributed by atoms with Crippen LogP contribution in [0.2, 0.25) is 5.02 Å². The molecule has 0 saturated carbocycles. The first-order valence-corrected chi connectivity index (χ1v) is 12.1. The average Bonchev–Trinajstić information content (AvgIpc) is 3.38. The van der Waals surface area contributed by atoms with Gasteiger partial charge in [-0.1, -0.05) is 41.6 Å². The maximum Gasteiger partial charge on any atom is 0.261 e. The first kappa shape index (κ1) is 22.3. The molecule has 0 bridgehead atoms. The molecule has 0 aliphatic carbocycles. The standard InChI is InChI=1S/C25H20ClN5O2S/c1-16-20(26)8-4-9-21(16)31-22(17-10-12-27-13-11-17)28-29-25(31)34-15-5-14-30-23(32)18-6-2-3-7-19(18)24(30)33/h2-4,6-13H,5,14-15H2,1H3. The summed E-state index contributed by atoms with van der Waals surface area (Å²) in [5.41, 5.74) is 3.65. The van der Waals surface area contributed by atoms with Gasteiger partial charge in [0.05, 0.1) is 16.8 Å². The maximum absolute atomic E-state index is 12.6. The van der Waals surface area contributed by atoms with E-state index in [1.807, 2.05) is 41.8 Å². The molecular formula is C25H20ClN5O2S. The van der Waals surface area contributed by atoms with Crippen LogP contribution in [0.15, 0.2) is 72.1 Å². The third-order valence-corrected chi connectivity index (χ3v) is 7.11. The van der Waals surface area contributed by atoms with Gasteiger partial charge in [-0.05, 0) is 55.3 Å². The summed E-state index contributed by atoms with van der Waals surface area (Å²) in [6, 6.07) is 16.4. The van der Waals surface area contributed by atoms with Crippen LogP contribution in [0, 0.1) is 6.92 Å². The van der Waals surface area contributed by atoms with Gasteiger partial charge in [0.15, 0.2) is 11.0 Å². The fourth-order valence-electron chi connectivity index (χ4n) is 3.94. The Bertz CT molecular complexity index is 1350. The summed E-state index contributed by atoms with van der Waals surface area (Å²) in [5, 5.41) is 10.2. The Morgan fingerprint density at radius 2 is 1.62 bits per heavy atom. The average molecular weight is 490 g/mol. The number of pyridine rings is 1. The molecule has 2 aromatic heterocycles. The number of aromatic nitrogens is 4. The van der Waals surface area contributed by atoms with Crippen LogP contribution in [0.3, 0.4) is 0 Å². The van der Waals surface area contributed by atoms with Crippen LogP contribution in [0.4, 0.5) is 0 Å². The van der Waals surface area contributed by atoms with Gasteiger partial charge in [0.2, 0.25) is 0 Å². The summed E-state index contributed by atoms with van der Waals surface area (Å²) in [6.07, 6.45) is 4.06. The van der Waals surface area contributed by atoms with Crippen molar-refractivity contribution < 1.29 is 9.59 Å². The number of fused-ring (bicyclic) bond motifs is 1. The summed E-state index contributed by atoms with van der Waals surface area (Å²) in [5.74, 6) is 0.879. The van der Waals surface area contributed by atoms with Crippen molar-refractivity contribution in [2.75, 3.05) is 12.3 Å². The van der Waals surface area contributed by atoms with Crippen molar-refractivity contribution in [2.24, 2.45) is 0 Å². The van der Waals surface area contributed by atoms with Crippen LogP contribution in [0.5, 0.6) is 0 Å². The van der Waals surface area contributed by atoms with Crippen molar-refractivity contribution in [1.82, 2.24) is 24.6 Å². The van der Waals surface area contributed by atoms with E-state index in [9.17, 15) is 9.59 Å². The highest BCUT2D eigenvalue weighted by atomic mass is 35.5. The Morgan fingerprint density at radius 3 is 2.32 bits per heavy atom. The van der Waals surface area contributed by atoms with Gasteiger partial charge in [0, 0.05) is 35.3 Å². The van der Waals surface area contributed by atoms with E-state index in [0.29, 0.717) is 45.8 Å². The van der Waals surface area contributed by atoms with Gasteiger partial charge >= 0.3 is 0 Å². The highest BCUT2D eigenvalue weighted by Crippen LogP contribution is 2.32. The van der Waals surface area contributed by atoms with Crippen LogP contribution in [-0.4, -0.2) is 48.8 Å². The lowest BCUT2D eigenvalue weighted by Gasteiger charge is -2.15. The molecule has 0 N–H and O–H groups in total. The minimum absolute atomic E-state index is 0.233. The zero-order valence-electron chi connectivity index (χ0n) is 18.3. The van der Waals surface area contributed by atoms with Crippen molar-refractivity contribution in [1.29, 1.82) is 0 Å². The molecule has 1 aliphatic rings. The van der Waals surface area contributed by atoms with Crippen LogP contribution in [0.1, 0.15) is 32.7 Å². The Balaban J connectivity index is 1.36. The lowest BCUT2D eigenvalue weighted by molar-refractivity contribution is 0.0655. The minimum Gasteiger partial charge on any atom is -0.274 e. The zero-order valence-corrected chi connectivity index (χ0v) is 19.9. The summed E-state index contributed by atoms with van der Waals surface area (Å²) in [7, 11) is 0. The number of thioether (sulfide) groups is 1. The molecule has 9 heteroatoms. The maximum atomic E-state index is 12.6. The van der Waals surface area contributed by atoms with Gasteiger partial charge in [-0.25, -0.2) is 0 Å². The molecule has 0 atom stereocenters. The number of imide groups is 1. The van der Waals surface area contributed by atoms with Gasteiger partial charge in [-0.3, -0.25) is 24.0 Å². The number of halogens is 1. The Morgan fingerprint density at radius 1 is 0.912 bits per heavy atom. The molecule has 7 nitrogen and oxygen atoms in total. The number of hydrogen-bond donors (Lipinski definition) is 0. The number of carbonyl (C=O) groups is 2. The number of benzene rings is 2. The second-order valence-corrected chi connectivity index (χ2v) is 9.24. The van der Waals surface area contributed by atoms with E-state index < -0.39 is 0 Å². The molecule has 0 spiro atoms. The van der Waals surface area contributed by atoms with Crippen molar-refractivity contribution >= 4 is 35.2 Å². The molecule has 4 aromatic rings. The normalized spacial score (nSPS) is 12.9. The van der Waals surface area contributed by atoms with Gasteiger partial charge in [0.25, 0.3) is 11.8 Å². The Labute approximate surface area is 205 Å². The second-order valence-electron chi connectivity index (χ2n) is 7.77. The largest absolute Gasteiger partial charge is 0.274 e. The monoisotopic (exact) mass is 489 g/mol. The third-order valence-electron chi connectivity index (χ3n) is 5.69. The first-order chi connectivity index (χ1) is 16.6. The second kappa shape index (κ2) is 9.40. The predicted molar refractivity (Wildman–Crippen MR) is 131 cm³/mol. The lowest BCUT2D eigenvalue weighted by Crippen LogP contribution is -2.31. The summed E-state index contributed by atoms with van der Waals surface area (Å²) < 4.78 is 1.99. The zero-order chi connectivity index (χ0) is 23.7. The highest BCUT2D eigenvalue weighted by molar-refractivity contribution is 7.99. The van der Waals surface area contributed by atoms with Gasteiger partial charge < -0.3 is 0 Å². The SMILES string of the molecule is Cc1c(Cl)cccc1-n1c(SCCCN2C(=O)c3ccccc3C2=O)nnc1-c1ccncc1. The van der Waals surface area contributed by atoms with E-state index in [4.69, 9.17) is 11.6 Å². The lowest BCUT2D eigenvalue weighted by atomic mass is 10.1. The summed E-state index contributed by atoms with van der Waals surface area (Å²) in [6.45, 7) is 2.31. The van der Waals surface area contributed by atoms with Crippen molar-refractivity contribution in [3.05, 3.63) is 88.7 Å². The van der Waals surface area contributed by atoms with Gasteiger partial charge in [-0.15, -0.1) is 10.2 Å². The minimum atomic E-state index is -0.233. The topological polar surface area (TPSA) is 81.0 Å². The summed E-state index contributed by atoms with van der Waals surface area (Å²) in [4.78, 5) is 30.6. The highest BCUT2D eigenvalue weighted by Gasteiger charge is 2.34. The van der Waals surface area contributed by atoms with E-state index in [2.05, 4.69) is 15.2 Å². The van der Waals surface area contributed by atoms with E-state index in [-0.39, 0.29) is 11.8 Å². The molecule has 170 valence electrons. The first-order valence-electron chi connectivity index (χ1n) is 10.8. The smallest absolute Gasteiger partial charge is 0.261 e. The van der Waals surface area contributed by atoms with Crippen molar-refractivity contribution in [3.63, 3.8) is 0 Å². The van der Waals surface area contributed by atoms with E-state index in [1.165, 1.54) is 16.7 Å². The molecule has 0 unspecified atom stereocenters. The molecular weight excluding hydrogens is 470 g/mol. The van der Waals surface area contributed by atoms with Crippen molar-refractivity contribution in [3.8, 4) is 17.1 Å². The summed E-state index contributed by atoms with van der Waals surface area (Å²) >= 11 is 7.93.